The molecule has 4 nitrogen and oxygen atoms in total. The fourth-order valence-electron chi connectivity index (χ4n) is 2.40. The molecule has 1 aliphatic rings. The van der Waals surface area contributed by atoms with Crippen LogP contribution in [0.3, 0.4) is 0 Å². The molecule has 0 aromatic heterocycles. The summed E-state index contributed by atoms with van der Waals surface area (Å²) in [7, 11) is 0. The van der Waals surface area contributed by atoms with Crippen LogP contribution in [0.5, 0.6) is 0 Å². The van der Waals surface area contributed by atoms with E-state index in [4.69, 9.17) is 4.74 Å². The smallest absolute Gasteiger partial charge is 0.422 e. The molecule has 0 spiro atoms. The minimum Gasteiger partial charge on any atom is -0.459 e. The van der Waals surface area contributed by atoms with E-state index in [1.165, 1.54) is 19.3 Å². The van der Waals surface area contributed by atoms with Gasteiger partial charge in [-0.15, -0.1) is 0 Å². The molecular weight excluding hydrogens is 373 g/mol. The van der Waals surface area contributed by atoms with Crippen molar-refractivity contribution < 1.29 is 32.2 Å². The van der Waals surface area contributed by atoms with Gasteiger partial charge in [0.15, 0.2) is 6.61 Å². The zero-order chi connectivity index (χ0) is 22.2. The summed E-state index contributed by atoms with van der Waals surface area (Å²) < 4.78 is 44.7. The van der Waals surface area contributed by atoms with Gasteiger partial charge in [0.2, 0.25) is 0 Å². The zero-order valence-corrected chi connectivity index (χ0v) is 18.4. The Morgan fingerprint density at radius 2 is 1.29 bits per heavy atom. The predicted molar refractivity (Wildman–Crippen MR) is 103 cm³/mol. The first-order valence-electron chi connectivity index (χ1n) is 10.1. The molecule has 0 heterocycles. The lowest BCUT2D eigenvalue weighted by molar-refractivity contribution is -0.192. The van der Waals surface area contributed by atoms with Crippen molar-refractivity contribution in [2.45, 2.75) is 105 Å². The van der Waals surface area contributed by atoms with E-state index < -0.39 is 24.2 Å². The Labute approximate surface area is 167 Å². The van der Waals surface area contributed by atoms with Gasteiger partial charge in [0.05, 0.1) is 10.8 Å². The summed E-state index contributed by atoms with van der Waals surface area (Å²) in [6.45, 7) is 11.3. The largest absolute Gasteiger partial charge is 0.459 e. The number of rotatable bonds is 6. The molecule has 1 saturated carbocycles. The van der Waals surface area contributed by atoms with Gasteiger partial charge in [0.25, 0.3) is 0 Å². The van der Waals surface area contributed by atoms with Crippen molar-refractivity contribution in [3.8, 4) is 0 Å². The van der Waals surface area contributed by atoms with E-state index in [0.717, 1.165) is 19.3 Å². The first-order valence-corrected chi connectivity index (χ1v) is 10.1. The van der Waals surface area contributed by atoms with Crippen molar-refractivity contribution in [2.24, 2.45) is 10.8 Å². The highest BCUT2D eigenvalue weighted by molar-refractivity contribution is 5.76. The Kier molecular flexibility index (Phi) is 10.0. The summed E-state index contributed by atoms with van der Waals surface area (Å²) in [6, 6.07) is 0. The van der Waals surface area contributed by atoms with Crippen LogP contribution in [0.15, 0.2) is 0 Å². The minimum absolute atomic E-state index is 0.0330. The third kappa shape index (κ3) is 9.78. The van der Waals surface area contributed by atoms with Crippen LogP contribution in [0.4, 0.5) is 13.2 Å². The highest BCUT2D eigenvalue weighted by Crippen LogP contribution is 2.34. The van der Waals surface area contributed by atoms with Crippen LogP contribution in [-0.2, 0) is 19.1 Å². The van der Waals surface area contributed by atoms with Gasteiger partial charge < -0.3 is 9.47 Å². The average molecular weight is 411 g/mol. The van der Waals surface area contributed by atoms with E-state index in [2.05, 4.69) is 11.7 Å². The third-order valence-corrected chi connectivity index (χ3v) is 5.49. The molecule has 0 radical (unpaired) electrons. The van der Waals surface area contributed by atoms with Gasteiger partial charge in [-0.25, -0.2) is 0 Å². The van der Waals surface area contributed by atoms with Crippen molar-refractivity contribution in [3.63, 3.8) is 0 Å². The fourth-order valence-corrected chi connectivity index (χ4v) is 2.40. The summed E-state index contributed by atoms with van der Waals surface area (Å²) in [5.74, 6) is -0.846. The number of carbonyl (C=O) groups is 2. The summed E-state index contributed by atoms with van der Waals surface area (Å²) in [6.07, 6.45) is 2.55. The molecule has 0 unspecified atom stereocenters. The van der Waals surface area contributed by atoms with Gasteiger partial charge in [-0.1, -0.05) is 20.3 Å². The van der Waals surface area contributed by atoms with Crippen LogP contribution in [0, 0.1) is 10.8 Å². The van der Waals surface area contributed by atoms with Crippen LogP contribution in [-0.4, -0.2) is 30.3 Å². The molecule has 0 bridgehead atoms. The Hall–Kier alpha value is -1.27. The SMILES string of the molecule is CCC(C)(C)C(=O)OC1(C)CCCCC1.CCC(C)(C)C(=O)OCC(F)(F)F. The van der Waals surface area contributed by atoms with Crippen molar-refractivity contribution in [1.82, 2.24) is 0 Å². The Bertz CT molecular complexity index is 504. The van der Waals surface area contributed by atoms with Crippen molar-refractivity contribution >= 4 is 11.9 Å². The third-order valence-electron chi connectivity index (χ3n) is 5.49. The van der Waals surface area contributed by atoms with Gasteiger partial charge in [-0.05, 0) is 73.1 Å². The number of esters is 2. The average Bonchev–Trinajstić information content (AvgIpc) is 2.59. The molecule has 0 aliphatic heterocycles. The van der Waals surface area contributed by atoms with E-state index in [1.54, 1.807) is 20.8 Å². The first kappa shape index (κ1) is 26.7. The van der Waals surface area contributed by atoms with E-state index in [9.17, 15) is 22.8 Å². The molecule has 7 heteroatoms. The van der Waals surface area contributed by atoms with Crippen LogP contribution >= 0.6 is 0 Å². The Balaban J connectivity index is 0.000000528. The molecular formula is C21H37F3O4. The van der Waals surface area contributed by atoms with Crippen molar-refractivity contribution in [1.29, 1.82) is 0 Å². The molecule has 1 aliphatic carbocycles. The highest BCUT2D eigenvalue weighted by Gasteiger charge is 2.36. The monoisotopic (exact) mass is 410 g/mol. The molecule has 28 heavy (non-hydrogen) atoms. The van der Waals surface area contributed by atoms with Crippen LogP contribution < -0.4 is 0 Å². The molecule has 1 rings (SSSR count). The first-order chi connectivity index (χ1) is 12.6. The molecule has 0 amide bonds. The quantitative estimate of drug-likeness (QED) is 0.488. The lowest BCUT2D eigenvalue weighted by Gasteiger charge is -2.36. The maximum Gasteiger partial charge on any atom is 0.422 e. The number of carbonyl (C=O) groups excluding carboxylic acids is 2. The lowest BCUT2D eigenvalue weighted by atomic mass is 9.85. The van der Waals surface area contributed by atoms with Crippen molar-refractivity contribution in [3.05, 3.63) is 0 Å². The van der Waals surface area contributed by atoms with Gasteiger partial charge in [-0.2, -0.15) is 13.2 Å². The molecule has 1 fully saturated rings. The highest BCUT2D eigenvalue weighted by atomic mass is 19.4. The molecule has 166 valence electrons. The number of halogens is 3. The van der Waals surface area contributed by atoms with E-state index >= 15 is 0 Å². The number of ether oxygens (including phenoxy) is 2. The summed E-state index contributed by atoms with van der Waals surface area (Å²) in [5, 5.41) is 0. The predicted octanol–water partition coefficient (Wildman–Crippen LogP) is 6.22. The summed E-state index contributed by atoms with van der Waals surface area (Å²) in [5.41, 5.74) is -1.37. The van der Waals surface area contributed by atoms with Gasteiger partial charge >= 0.3 is 18.1 Å². The van der Waals surface area contributed by atoms with E-state index in [0.29, 0.717) is 6.42 Å². The molecule has 0 saturated heterocycles. The molecule has 0 atom stereocenters. The van der Waals surface area contributed by atoms with Crippen LogP contribution in [0.25, 0.3) is 0 Å². The minimum atomic E-state index is -4.44. The second-order valence-corrected chi connectivity index (χ2v) is 9.07. The number of hydrogen-bond donors (Lipinski definition) is 0. The molecule has 0 aromatic carbocycles. The topological polar surface area (TPSA) is 52.6 Å². The fraction of sp³-hybridized carbons (Fsp3) is 0.905. The summed E-state index contributed by atoms with van der Waals surface area (Å²) in [4.78, 5) is 23.0. The van der Waals surface area contributed by atoms with E-state index in [1.807, 2.05) is 20.8 Å². The van der Waals surface area contributed by atoms with Gasteiger partial charge in [0.1, 0.15) is 5.60 Å². The normalized spacial score (nSPS) is 17.2. The lowest BCUT2D eigenvalue weighted by Crippen LogP contribution is -2.38. The molecule has 0 N–H and O–H groups in total. The summed E-state index contributed by atoms with van der Waals surface area (Å²) >= 11 is 0. The van der Waals surface area contributed by atoms with Gasteiger partial charge in [0, 0.05) is 0 Å². The number of alkyl halides is 3. The zero-order valence-electron chi connectivity index (χ0n) is 18.4. The van der Waals surface area contributed by atoms with Crippen LogP contribution in [0.2, 0.25) is 0 Å². The van der Waals surface area contributed by atoms with Crippen LogP contribution in [0.1, 0.15) is 93.4 Å². The second-order valence-electron chi connectivity index (χ2n) is 9.07. The van der Waals surface area contributed by atoms with Crippen molar-refractivity contribution in [2.75, 3.05) is 6.61 Å². The van der Waals surface area contributed by atoms with E-state index in [-0.39, 0.29) is 17.0 Å². The maximum atomic E-state index is 11.9. The second kappa shape index (κ2) is 10.5. The molecule has 0 aromatic rings. The maximum absolute atomic E-state index is 11.9. The standard InChI is InChI=1S/C13H24O2.C8H13F3O2/c1-5-12(2,3)11(14)15-13(4)9-7-6-8-10-13;1-4-7(2,3)6(12)13-5-8(9,10)11/h5-10H2,1-4H3;4-5H2,1-3H3. The Morgan fingerprint density at radius 1 is 0.857 bits per heavy atom. The number of hydrogen-bond acceptors (Lipinski definition) is 4. The van der Waals surface area contributed by atoms with Gasteiger partial charge in [-0.3, -0.25) is 9.59 Å². The Morgan fingerprint density at radius 3 is 1.68 bits per heavy atom.